The summed E-state index contributed by atoms with van der Waals surface area (Å²) in [5.41, 5.74) is 0.460. The SMILES string of the molecule is COCC(C)CNc1cc(OC)ccc1F. The highest BCUT2D eigenvalue weighted by atomic mass is 19.1. The van der Waals surface area contributed by atoms with Crippen LogP contribution in [0.25, 0.3) is 0 Å². The highest BCUT2D eigenvalue weighted by molar-refractivity contribution is 5.49. The highest BCUT2D eigenvalue weighted by Crippen LogP contribution is 2.21. The van der Waals surface area contributed by atoms with Crippen LogP contribution >= 0.6 is 0 Å². The molecular formula is C12H18FNO2. The van der Waals surface area contributed by atoms with Crippen molar-refractivity contribution in [3.05, 3.63) is 24.0 Å². The Labute approximate surface area is 95.6 Å². The molecule has 4 heteroatoms. The van der Waals surface area contributed by atoms with Gasteiger partial charge in [-0.25, -0.2) is 4.39 Å². The van der Waals surface area contributed by atoms with E-state index in [0.29, 0.717) is 30.5 Å². The van der Waals surface area contributed by atoms with E-state index in [1.807, 2.05) is 6.92 Å². The van der Waals surface area contributed by atoms with Gasteiger partial charge in [0.25, 0.3) is 0 Å². The van der Waals surface area contributed by atoms with Gasteiger partial charge in [0.2, 0.25) is 0 Å². The first-order chi connectivity index (χ1) is 7.67. The Hall–Kier alpha value is -1.29. The monoisotopic (exact) mass is 227 g/mol. The Morgan fingerprint density at radius 1 is 1.38 bits per heavy atom. The maximum atomic E-state index is 13.4. The molecule has 0 saturated heterocycles. The third-order valence-corrected chi connectivity index (χ3v) is 2.27. The lowest BCUT2D eigenvalue weighted by Crippen LogP contribution is -2.16. The molecule has 0 amide bonds. The summed E-state index contributed by atoms with van der Waals surface area (Å²) in [5.74, 6) is 0.698. The van der Waals surface area contributed by atoms with Crippen LogP contribution in [0.2, 0.25) is 0 Å². The molecule has 1 atom stereocenters. The van der Waals surface area contributed by atoms with Gasteiger partial charge in [0.1, 0.15) is 11.6 Å². The summed E-state index contributed by atoms with van der Waals surface area (Å²) in [4.78, 5) is 0. The molecule has 0 radical (unpaired) electrons. The van der Waals surface area contributed by atoms with Gasteiger partial charge in [-0.3, -0.25) is 0 Å². The van der Waals surface area contributed by atoms with E-state index in [4.69, 9.17) is 9.47 Å². The number of ether oxygens (including phenoxy) is 2. The summed E-state index contributed by atoms with van der Waals surface area (Å²) in [6.45, 7) is 3.35. The maximum absolute atomic E-state index is 13.4. The summed E-state index contributed by atoms with van der Waals surface area (Å²) in [7, 11) is 3.22. The largest absolute Gasteiger partial charge is 0.497 e. The Morgan fingerprint density at radius 3 is 2.75 bits per heavy atom. The molecule has 0 aliphatic heterocycles. The van der Waals surface area contributed by atoms with Crippen LogP contribution in [0.4, 0.5) is 10.1 Å². The first-order valence-corrected chi connectivity index (χ1v) is 5.23. The van der Waals surface area contributed by atoms with Gasteiger partial charge in [0, 0.05) is 19.7 Å². The molecule has 0 aliphatic carbocycles. The fourth-order valence-corrected chi connectivity index (χ4v) is 1.39. The minimum Gasteiger partial charge on any atom is -0.497 e. The molecule has 1 N–H and O–H groups in total. The van der Waals surface area contributed by atoms with Crippen molar-refractivity contribution in [2.45, 2.75) is 6.92 Å². The van der Waals surface area contributed by atoms with E-state index >= 15 is 0 Å². The van der Waals surface area contributed by atoms with Crippen molar-refractivity contribution < 1.29 is 13.9 Å². The number of anilines is 1. The smallest absolute Gasteiger partial charge is 0.146 e. The van der Waals surface area contributed by atoms with Crippen LogP contribution in [-0.4, -0.2) is 27.4 Å². The normalized spacial score (nSPS) is 12.2. The molecular weight excluding hydrogens is 209 g/mol. The van der Waals surface area contributed by atoms with Crippen LogP contribution in [0.5, 0.6) is 5.75 Å². The quantitative estimate of drug-likeness (QED) is 0.810. The van der Waals surface area contributed by atoms with Gasteiger partial charge in [0.15, 0.2) is 0 Å². The number of halogens is 1. The number of rotatable bonds is 6. The van der Waals surface area contributed by atoms with Crippen molar-refractivity contribution in [3.63, 3.8) is 0 Å². The van der Waals surface area contributed by atoms with Crippen molar-refractivity contribution in [2.24, 2.45) is 5.92 Å². The average molecular weight is 227 g/mol. The molecule has 90 valence electrons. The Bertz CT molecular complexity index is 331. The van der Waals surface area contributed by atoms with Crippen LogP contribution < -0.4 is 10.1 Å². The predicted octanol–water partition coefficient (Wildman–Crippen LogP) is 2.53. The van der Waals surface area contributed by atoms with Crippen molar-refractivity contribution >= 4 is 5.69 Å². The van der Waals surface area contributed by atoms with Crippen molar-refractivity contribution in [3.8, 4) is 5.75 Å². The van der Waals surface area contributed by atoms with Gasteiger partial charge in [-0.05, 0) is 18.1 Å². The van der Waals surface area contributed by atoms with Crippen LogP contribution in [0.1, 0.15) is 6.92 Å². The molecule has 0 aromatic heterocycles. The number of hydrogen-bond donors (Lipinski definition) is 1. The summed E-state index contributed by atoms with van der Waals surface area (Å²) in [6.07, 6.45) is 0. The van der Waals surface area contributed by atoms with Crippen molar-refractivity contribution in [2.75, 3.05) is 32.7 Å². The Kier molecular flexibility index (Phi) is 5.05. The van der Waals surface area contributed by atoms with Gasteiger partial charge in [-0.1, -0.05) is 6.92 Å². The minimum atomic E-state index is -0.273. The fraction of sp³-hybridized carbons (Fsp3) is 0.500. The molecule has 1 aromatic carbocycles. The van der Waals surface area contributed by atoms with E-state index in [1.165, 1.54) is 6.07 Å². The van der Waals surface area contributed by atoms with Gasteiger partial charge in [-0.2, -0.15) is 0 Å². The zero-order valence-electron chi connectivity index (χ0n) is 9.92. The predicted molar refractivity (Wildman–Crippen MR) is 62.5 cm³/mol. The molecule has 16 heavy (non-hydrogen) atoms. The van der Waals surface area contributed by atoms with Gasteiger partial charge in [0.05, 0.1) is 19.4 Å². The third-order valence-electron chi connectivity index (χ3n) is 2.27. The second kappa shape index (κ2) is 6.33. The standard InChI is InChI=1S/C12H18FNO2/c1-9(8-15-2)7-14-12-6-10(16-3)4-5-11(12)13/h4-6,9,14H,7-8H2,1-3H3. The minimum absolute atomic E-state index is 0.273. The molecule has 1 rings (SSSR count). The van der Waals surface area contributed by atoms with E-state index in [9.17, 15) is 4.39 Å². The lowest BCUT2D eigenvalue weighted by Gasteiger charge is -2.13. The number of hydrogen-bond acceptors (Lipinski definition) is 3. The zero-order valence-corrected chi connectivity index (χ0v) is 9.92. The zero-order chi connectivity index (χ0) is 12.0. The van der Waals surface area contributed by atoms with E-state index in [1.54, 1.807) is 26.4 Å². The lowest BCUT2D eigenvalue weighted by molar-refractivity contribution is 0.164. The molecule has 0 fully saturated rings. The molecule has 1 unspecified atom stereocenters. The van der Waals surface area contributed by atoms with Crippen molar-refractivity contribution in [1.29, 1.82) is 0 Å². The number of methoxy groups -OCH3 is 2. The Morgan fingerprint density at radius 2 is 2.12 bits per heavy atom. The average Bonchev–Trinajstić information content (AvgIpc) is 2.28. The molecule has 0 bridgehead atoms. The summed E-state index contributed by atoms with van der Waals surface area (Å²) < 4.78 is 23.4. The summed E-state index contributed by atoms with van der Waals surface area (Å²) in [6, 6.07) is 4.64. The third kappa shape index (κ3) is 3.70. The molecule has 0 heterocycles. The number of benzene rings is 1. The van der Waals surface area contributed by atoms with Crippen LogP contribution in [-0.2, 0) is 4.74 Å². The van der Waals surface area contributed by atoms with E-state index in [2.05, 4.69) is 5.32 Å². The fourth-order valence-electron chi connectivity index (χ4n) is 1.39. The highest BCUT2D eigenvalue weighted by Gasteiger charge is 2.06. The summed E-state index contributed by atoms with van der Waals surface area (Å²) in [5, 5.41) is 3.04. The molecule has 1 aromatic rings. The molecule has 3 nitrogen and oxygen atoms in total. The molecule has 0 saturated carbocycles. The van der Waals surface area contributed by atoms with Gasteiger partial charge in [-0.15, -0.1) is 0 Å². The van der Waals surface area contributed by atoms with Gasteiger partial charge < -0.3 is 14.8 Å². The van der Waals surface area contributed by atoms with E-state index in [0.717, 1.165) is 0 Å². The Balaban J connectivity index is 2.58. The van der Waals surface area contributed by atoms with E-state index in [-0.39, 0.29) is 5.82 Å². The first kappa shape index (κ1) is 12.8. The van der Waals surface area contributed by atoms with Crippen LogP contribution in [0, 0.1) is 11.7 Å². The van der Waals surface area contributed by atoms with Crippen LogP contribution in [0.15, 0.2) is 18.2 Å². The topological polar surface area (TPSA) is 30.5 Å². The van der Waals surface area contributed by atoms with Gasteiger partial charge >= 0.3 is 0 Å². The second-order valence-electron chi connectivity index (χ2n) is 3.79. The maximum Gasteiger partial charge on any atom is 0.146 e. The molecule has 0 spiro atoms. The van der Waals surface area contributed by atoms with Crippen LogP contribution in [0.3, 0.4) is 0 Å². The second-order valence-corrected chi connectivity index (χ2v) is 3.79. The summed E-state index contributed by atoms with van der Waals surface area (Å²) >= 11 is 0. The first-order valence-electron chi connectivity index (χ1n) is 5.23. The molecule has 0 aliphatic rings. The number of nitrogens with one attached hydrogen (secondary N) is 1. The van der Waals surface area contributed by atoms with Crippen molar-refractivity contribution in [1.82, 2.24) is 0 Å². The lowest BCUT2D eigenvalue weighted by atomic mass is 10.2. The van der Waals surface area contributed by atoms with E-state index < -0.39 is 0 Å².